The maximum absolute atomic E-state index is 5.70. The lowest BCUT2D eigenvalue weighted by atomic mass is 10.1. The van der Waals surface area contributed by atoms with Crippen LogP contribution in [0.3, 0.4) is 0 Å². The Morgan fingerprint density at radius 1 is 1.27 bits per heavy atom. The van der Waals surface area contributed by atoms with E-state index in [0.717, 1.165) is 6.54 Å². The first-order valence-corrected chi connectivity index (χ1v) is 4.57. The minimum absolute atomic E-state index is 0.292. The molecule has 0 fully saturated rings. The molecule has 0 aromatic rings. The molecule has 68 valence electrons. The van der Waals surface area contributed by atoms with Crippen LogP contribution >= 0.6 is 0 Å². The summed E-state index contributed by atoms with van der Waals surface area (Å²) in [4.78, 5) is 2.35. The Morgan fingerprint density at radius 3 is 2.00 bits per heavy atom. The summed E-state index contributed by atoms with van der Waals surface area (Å²) in [6.07, 6.45) is 2.44. The van der Waals surface area contributed by atoms with Gasteiger partial charge in [0.05, 0.1) is 0 Å². The van der Waals surface area contributed by atoms with Gasteiger partial charge in [-0.15, -0.1) is 0 Å². The van der Waals surface area contributed by atoms with Crippen molar-refractivity contribution in [2.24, 2.45) is 5.73 Å². The van der Waals surface area contributed by atoms with Gasteiger partial charge in [0, 0.05) is 18.6 Å². The molecule has 2 nitrogen and oxygen atoms in total. The largest absolute Gasteiger partial charge is 0.327 e. The van der Waals surface area contributed by atoms with Crippen LogP contribution in [0.1, 0.15) is 33.6 Å². The van der Waals surface area contributed by atoms with Crippen LogP contribution in [0, 0.1) is 0 Å². The molecule has 0 unspecified atom stereocenters. The van der Waals surface area contributed by atoms with Crippen molar-refractivity contribution < 1.29 is 0 Å². The summed E-state index contributed by atoms with van der Waals surface area (Å²) in [6.45, 7) is 7.52. The van der Waals surface area contributed by atoms with Gasteiger partial charge in [-0.3, -0.25) is 0 Å². The zero-order valence-electron chi connectivity index (χ0n) is 8.30. The molecular weight excluding hydrogens is 136 g/mol. The first-order chi connectivity index (χ1) is 5.11. The molecule has 2 N–H and O–H groups in total. The van der Waals surface area contributed by atoms with E-state index in [2.05, 4.69) is 32.7 Å². The van der Waals surface area contributed by atoms with Gasteiger partial charge in [-0.25, -0.2) is 0 Å². The van der Waals surface area contributed by atoms with Gasteiger partial charge < -0.3 is 10.6 Å². The van der Waals surface area contributed by atoms with E-state index in [-0.39, 0.29) is 0 Å². The predicted octanol–water partition coefficient (Wildman–Crippen LogP) is 1.45. The molecule has 11 heavy (non-hydrogen) atoms. The van der Waals surface area contributed by atoms with E-state index in [0.29, 0.717) is 12.1 Å². The Balaban J connectivity index is 3.68. The average molecular weight is 158 g/mol. The number of rotatable bonds is 5. The number of nitrogens with zero attached hydrogens (tertiary/aromatic N) is 1. The number of likely N-dealkylation sites (N-methyl/N-ethyl adjacent to an activating group) is 1. The topological polar surface area (TPSA) is 29.3 Å². The second-order valence-electron chi connectivity index (χ2n) is 3.39. The van der Waals surface area contributed by atoms with E-state index < -0.39 is 0 Å². The van der Waals surface area contributed by atoms with Gasteiger partial charge in [-0.1, -0.05) is 13.8 Å². The molecule has 1 atom stereocenters. The van der Waals surface area contributed by atoms with Crippen LogP contribution in [0.2, 0.25) is 0 Å². The third kappa shape index (κ3) is 4.38. The second kappa shape index (κ2) is 5.56. The molecule has 0 aromatic carbocycles. The van der Waals surface area contributed by atoms with Crippen molar-refractivity contribution in [3.8, 4) is 0 Å². The minimum Gasteiger partial charge on any atom is -0.327 e. The van der Waals surface area contributed by atoms with Gasteiger partial charge in [0.2, 0.25) is 0 Å². The average Bonchev–Trinajstić information content (AvgIpc) is 1.88. The first kappa shape index (κ1) is 10.9. The van der Waals surface area contributed by atoms with Gasteiger partial charge in [-0.05, 0) is 26.8 Å². The summed E-state index contributed by atoms with van der Waals surface area (Å²) in [5.74, 6) is 0. The predicted molar refractivity (Wildman–Crippen MR) is 50.6 cm³/mol. The third-order valence-electron chi connectivity index (χ3n) is 2.14. The molecule has 0 saturated carbocycles. The quantitative estimate of drug-likeness (QED) is 0.656. The van der Waals surface area contributed by atoms with Crippen LogP contribution in [0.5, 0.6) is 0 Å². The maximum atomic E-state index is 5.70. The Labute approximate surface area is 70.8 Å². The van der Waals surface area contributed by atoms with Gasteiger partial charge in [0.25, 0.3) is 0 Å². The third-order valence-corrected chi connectivity index (χ3v) is 2.14. The summed E-state index contributed by atoms with van der Waals surface area (Å²) in [5, 5.41) is 0. The van der Waals surface area contributed by atoms with Crippen LogP contribution in [0.4, 0.5) is 0 Å². The fourth-order valence-corrected chi connectivity index (χ4v) is 1.52. The van der Waals surface area contributed by atoms with Crippen molar-refractivity contribution in [2.75, 3.05) is 13.6 Å². The molecule has 0 rings (SSSR count). The molecular formula is C9H22N2. The zero-order chi connectivity index (χ0) is 8.85. The highest BCUT2D eigenvalue weighted by Crippen LogP contribution is 2.05. The maximum Gasteiger partial charge on any atom is 0.0139 e. The first-order valence-electron chi connectivity index (χ1n) is 4.57. The number of nitrogens with two attached hydrogens (primary N) is 1. The van der Waals surface area contributed by atoms with E-state index in [4.69, 9.17) is 5.73 Å². The van der Waals surface area contributed by atoms with E-state index in [1.54, 1.807) is 0 Å². The second-order valence-corrected chi connectivity index (χ2v) is 3.39. The summed E-state index contributed by atoms with van der Waals surface area (Å²) >= 11 is 0. The van der Waals surface area contributed by atoms with Gasteiger partial charge in [0.15, 0.2) is 0 Å². The van der Waals surface area contributed by atoms with Gasteiger partial charge >= 0.3 is 0 Å². The van der Waals surface area contributed by atoms with E-state index in [1.807, 2.05) is 0 Å². The van der Waals surface area contributed by atoms with Crippen molar-refractivity contribution in [3.05, 3.63) is 0 Å². The van der Waals surface area contributed by atoms with E-state index in [1.165, 1.54) is 12.8 Å². The van der Waals surface area contributed by atoms with Crippen LogP contribution in [-0.2, 0) is 0 Å². The molecule has 0 aliphatic carbocycles. The molecule has 0 aliphatic rings. The highest BCUT2D eigenvalue weighted by atomic mass is 15.1. The lowest BCUT2D eigenvalue weighted by molar-refractivity contribution is 0.220. The Bertz CT molecular complexity index is 87.6. The Kier molecular flexibility index (Phi) is 5.51. The van der Waals surface area contributed by atoms with Crippen molar-refractivity contribution in [1.29, 1.82) is 0 Å². The summed E-state index contributed by atoms with van der Waals surface area (Å²) in [6, 6.07) is 1.00. The minimum atomic E-state index is 0.292. The Hall–Kier alpha value is -0.0800. The van der Waals surface area contributed by atoms with E-state index in [9.17, 15) is 0 Å². The van der Waals surface area contributed by atoms with Crippen LogP contribution in [0.15, 0.2) is 0 Å². The standard InChI is InChI=1S/C9H22N2/c1-5-9(6-2)11(4)7-8(3)10/h8-9H,5-7,10H2,1-4H3/t8-/m0/s1. The lowest BCUT2D eigenvalue weighted by Gasteiger charge is -2.27. The molecule has 0 saturated heterocycles. The summed E-state index contributed by atoms with van der Waals surface area (Å²) in [7, 11) is 2.15. The van der Waals surface area contributed by atoms with Gasteiger partial charge in [-0.2, -0.15) is 0 Å². The molecule has 0 amide bonds. The molecule has 0 aromatic heterocycles. The van der Waals surface area contributed by atoms with Crippen molar-refractivity contribution in [2.45, 2.75) is 45.7 Å². The monoisotopic (exact) mass is 158 g/mol. The van der Waals surface area contributed by atoms with Crippen molar-refractivity contribution >= 4 is 0 Å². The highest BCUT2D eigenvalue weighted by molar-refractivity contribution is 4.68. The smallest absolute Gasteiger partial charge is 0.0139 e. The fraction of sp³-hybridized carbons (Fsp3) is 1.00. The molecule has 0 heterocycles. The summed E-state index contributed by atoms with van der Waals surface area (Å²) in [5.41, 5.74) is 5.70. The van der Waals surface area contributed by atoms with Crippen LogP contribution < -0.4 is 5.73 Å². The highest BCUT2D eigenvalue weighted by Gasteiger charge is 2.10. The SMILES string of the molecule is CCC(CC)N(C)C[C@H](C)N. The Morgan fingerprint density at radius 2 is 1.73 bits per heavy atom. The molecule has 0 bridgehead atoms. The zero-order valence-corrected chi connectivity index (χ0v) is 8.30. The molecule has 0 aliphatic heterocycles. The van der Waals surface area contributed by atoms with Crippen LogP contribution in [0.25, 0.3) is 0 Å². The van der Waals surface area contributed by atoms with E-state index >= 15 is 0 Å². The fourth-order valence-electron chi connectivity index (χ4n) is 1.52. The summed E-state index contributed by atoms with van der Waals surface area (Å²) < 4.78 is 0. The molecule has 0 radical (unpaired) electrons. The molecule has 0 spiro atoms. The van der Waals surface area contributed by atoms with Crippen molar-refractivity contribution in [1.82, 2.24) is 4.90 Å². The lowest BCUT2D eigenvalue weighted by Crippen LogP contribution is -2.39. The number of hydrogen-bond acceptors (Lipinski definition) is 2. The van der Waals surface area contributed by atoms with Crippen molar-refractivity contribution in [3.63, 3.8) is 0 Å². The van der Waals surface area contributed by atoms with Crippen LogP contribution in [-0.4, -0.2) is 30.6 Å². The normalized spacial score (nSPS) is 14.5. The van der Waals surface area contributed by atoms with Gasteiger partial charge in [0.1, 0.15) is 0 Å². The molecule has 2 heteroatoms. The number of hydrogen-bond donors (Lipinski definition) is 1.